The van der Waals surface area contributed by atoms with Crippen LogP contribution >= 0.6 is 11.3 Å². The molecule has 3 N–H and O–H groups in total. The zero-order valence-electron chi connectivity index (χ0n) is 13.5. The lowest BCUT2D eigenvalue weighted by atomic mass is 9.94. The van der Waals surface area contributed by atoms with Crippen LogP contribution < -0.4 is 5.32 Å². The molecular formula is C17H26N2O3S. The van der Waals surface area contributed by atoms with Crippen molar-refractivity contribution in [1.29, 1.82) is 0 Å². The zero-order valence-corrected chi connectivity index (χ0v) is 14.3. The van der Waals surface area contributed by atoms with E-state index in [1.165, 1.54) is 24.0 Å². The van der Waals surface area contributed by atoms with Crippen molar-refractivity contribution in [3.63, 3.8) is 0 Å². The van der Waals surface area contributed by atoms with Crippen LogP contribution in [-0.2, 0) is 12.8 Å². The highest BCUT2D eigenvalue weighted by atomic mass is 32.1. The lowest BCUT2D eigenvalue weighted by Gasteiger charge is -2.24. The molecule has 0 bridgehead atoms. The van der Waals surface area contributed by atoms with E-state index in [2.05, 4.69) is 15.6 Å². The minimum absolute atomic E-state index is 0.0170. The van der Waals surface area contributed by atoms with Gasteiger partial charge < -0.3 is 15.5 Å². The summed E-state index contributed by atoms with van der Waals surface area (Å²) in [5.74, 6) is 0.466. The number of fused-ring (bicyclic) bond motifs is 1. The van der Waals surface area contributed by atoms with Crippen LogP contribution in [0.3, 0.4) is 0 Å². The molecule has 1 aliphatic carbocycles. The van der Waals surface area contributed by atoms with Crippen LogP contribution in [0.2, 0.25) is 0 Å². The Balaban J connectivity index is 1.51. The number of carbonyl (C=O) groups excluding carboxylic acids is 1. The number of carbonyl (C=O) groups is 1. The molecule has 6 heteroatoms. The first kappa shape index (κ1) is 16.9. The molecule has 0 spiro atoms. The predicted molar refractivity (Wildman–Crippen MR) is 90.9 cm³/mol. The van der Waals surface area contributed by atoms with Crippen molar-refractivity contribution >= 4 is 17.2 Å². The normalized spacial score (nSPS) is 21.6. The van der Waals surface area contributed by atoms with Gasteiger partial charge in [-0.25, -0.2) is 0 Å². The van der Waals surface area contributed by atoms with E-state index in [0.717, 1.165) is 37.2 Å². The Morgan fingerprint density at radius 2 is 2.13 bits per heavy atom. The summed E-state index contributed by atoms with van der Waals surface area (Å²) < 4.78 is 0. The molecule has 1 aromatic rings. The summed E-state index contributed by atoms with van der Waals surface area (Å²) in [7, 11) is 0. The van der Waals surface area contributed by atoms with Crippen molar-refractivity contribution in [2.75, 3.05) is 32.8 Å². The molecule has 1 fully saturated rings. The summed E-state index contributed by atoms with van der Waals surface area (Å²) in [5, 5.41) is 23.8. The van der Waals surface area contributed by atoms with Crippen molar-refractivity contribution in [1.82, 2.24) is 10.2 Å². The maximum absolute atomic E-state index is 12.5. The Morgan fingerprint density at radius 3 is 2.91 bits per heavy atom. The average molecular weight is 338 g/mol. The highest BCUT2D eigenvalue weighted by molar-refractivity contribution is 7.12. The van der Waals surface area contributed by atoms with E-state index in [0.29, 0.717) is 12.5 Å². The number of thiophene rings is 1. The fraction of sp³-hybridized carbons (Fsp3) is 0.706. The predicted octanol–water partition coefficient (Wildman–Crippen LogP) is 1.03. The molecule has 1 amide bonds. The minimum Gasteiger partial charge on any atom is -0.395 e. The third kappa shape index (κ3) is 3.76. The number of hydrogen-bond donors (Lipinski definition) is 3. The number of hydrogen-bond acceptors (Lipinski definition) is 5. The van der Waals surface area contributed by atoms with E-state index in [4.69, 9.17) is 0 Å². The average Bonchev–Trinajstić information content (AvgIpc) is 3.21. The summed E-state index contributed by atoms with van der Waals surface area (Å²) in [4.78, 5) is 15.5. The van der Waals surface area contributed by atoms with Gasteiger partial charge in [-0.2, -0.15) is 0 Å². The Kier molecular flexibility index (Phi) is 5.69. The van der Waals surface area contributed by atoms with E-state index in [1.54, 1.807) is 11.3 Å². The number of amides is 1. The van der Waals surface area contributed by atoms with E-state index < -0.39 is 0 Å². The summed E-state index contributed by atoms with van der Waals surface area (Å²) in [5.41, 5.74) is 2.64. The van der Waals surface area contributed by atoms with E-state index in [9.17, 15) is 15.0 Å². The SMILES string of the molecule is O=C(NC[C@@H]1CCN(C(CO)CO)C1)c1scc2c1CCCC2. The second kappa shape index (κ2) is 7.75. The Bertz CT molecular complexity index is 542. The van der Waals surface area contributed by atoms with Crippen LogP contribution in [0.1, 0.15) is 40.1 Å². The van der Waals surface area contributed by atoms with Crippen molar-refractivity contribution in [2.45, 2.75) is 38.1 Å². The van der Waals surface area contributed by atoms with Gasteiger partial charge in [-0.05, 0) is 61.1 Å². The summed E-state index contributed by atoms with van der Waals surface area (Å²) in [6.07, 6.45) is 5.57. The van der Waals surface area contributed by atoms with Crippen molar-refractivity contribution in [3.05, 3.63) is 21.4 Å². The number of aryl methyl sites for hydroxylation is 1. The number of aliphatic hydroxyl groups is 2. The Hall–Kier alpha value is -0.950. The standard InChI is InChI=1S/C17H26N2O3S/c20-9-14(10-21)19-6-5-12(8-19)7-18-17(22)16-15-4-2-1-3-13(15)11-23-16/h11-12,14,20-21H,1-10H2,(H,18,22)/t12-/m0/s1. The van der Waals surface area contributed by atoms with Crippen LogP contribution in [0.25, 0.3) is 0 Å². The van der Waals surface area contributed by atoms with Gasteiger partial charge in [-0.1, -0.05) is 0 Å². The monoisotopic (exact) mass is 338 g/mol. The first-order valence-corrected chi connectivity index (χ1v) is 9.44. The summed E-state index contributed by atoms with van der Waals surface area (Å²) in [6, 6.07) is -0.167. The number of likely N-dealkylation sites (tertiary alicyclic amines) is 1. The number of aliphatic hydroxyl groups excluding tert-OH is 2. The molecule has 0 aromatic carbocycles. The van der Waals surface area contributed by atoms with Crippen LogP contribution in [0, 0.1) is 5.92 Å². The molecule has 2 heterocycles. The van der Waals surface area contributed by atoms with E-state index in [-0.39, 0.29) is 25.2 Å². The summed E-state index contributed by atoms with van der Waals surface area (Å²) in [6.45, 7) is 2.34. The fourth-order valence-corrected chi connectivity index (χ4v) is 4.75. The van der Waals surface area contributed by atoms with Crippen LogP contribution in [-0.4, -0.2) is 59.9 Å². The van der Waals surface area contributed by atoms with E-state index in [1.807, 2.05) is 0 Å². The molecular weight excluding hydrogens is 312 g/mol. The molecule has 1 aromatic heterocycles. The molecule has 2 aliphatic rings. The molecule has 0 unspecified atom stereocenters. The quantitative estimate of drug-likeness (QED) is 0.724. The first-order chi connectivity index (χ1) is 11.2. The molecule has 1 aliphatic heterocycles. The fourth-order valence-electron chi connectivity index (χ4n) is 3.68. The van der Waals surface area contributed by atoms with Crippen molar-refractivity contribution in [3.8, 4) is 0 Å². The second-order valence-corrected chi connectivity index (χ2v) is 7.53. The van der Waals surface area contributed by atoms with Gasteiger partial charge in [0.15, 0.2) is 0 Å². The smallest absolute Gasteiger partial charge is 0.261 e. The highest BCUT2D eigenvalue weighted by Gasteiger charge is 2.28. The van der Waals surface area contributed by atoms with Crippen LogP contribution in [0.4, 0.5) is 0 Å². The summed E-state index contributed by atoms with van der Waals surface area (Å²) >= 11 is 1.58. The molecule has 0 radical (unpaired) electrons. The second-order valence-electron chi connectivity index (χ2n) is 6.65. The zero-order chi connectivity index (χ0) is 16.2. The largest absolute Gasteiger partial charge is 0.395 e. The third-order valence-electron chi connectivity index (χ3n) is 5.12. The van der Waals surface area contributed by atoms with Crippen LogP contribution in [0.5, 0.6) is 0 Å². The number of nitrogens with zero attached hydrogens (tertiary/aromatic N) is 1. The van der Waals surface area contributed by atoms with Gasteiger partial charge in [0, 0.05) is 13.1 Å². The minimum atomic E-state index is -0.167. The molecule has 1 atom stereocenters. The molecule has 1 saturated heterocycles. The maximum Gasteiger partial charge on any atom is 0.261 e. The lowest BCUT2D eigenvalue weighted by Crippen LogP contribution is -2.40. The molecule has 3 rings (SSSR count). The van der Waals surface area contributed by atoms with Crippen molar-refractivity contribution in [2.24, 2.45) is 5.92 Å². The van der Waals surface area contributed by atoms with Gasteiger partial charge in [0.2, 0.25) is 0 Å². The van der Waals surface area contributed by atoms with Crippen LogP contribution in [0.15, 0.2) is 5.38 Å². The molecule has 23 heavy (non-hydrogen) atoms. The molecule has 5 nitrogen and oxygen atoms in total. The molecule has 128 valence electrons. The topological polar surface area (TPSA) is 72.8 Å². The van der Waals surface area contributed by atoms with Gasteiger partial charge in [0.25, 0.3) is 5.91 Å². The first-order valence-electron chi connectivity index (χ1n) is 8.56. The van der Waals surface area contributed by atoms with Gasteiger partial charge in [0.05, 0.1) is 24.1 Å². The number of rotatable bonds is 6. The van der Waals surface area contributed by atoms with E-state index >= 15 is 0 Å². The highest BCUT2D eigenvalue weighted by Crippen LogP contribution is 2.29. The Labute approximate surface area is 141 Å². The lowest BCUT2D eigenvalue weighted by molar-refractivity contribution is 0.0866. The maximum atomic E-state index is 12.5. The third-order valence-corrected chi connectivity index (χ3v) is 6.19. The van der Waals surface area contributed by atoms with Gasteiger partial charge in [-0.3, -0.25) is 9.69 Å². The Morgan fingerprint density at radius 1 is 1.35 bits per heavy atom. The van der Waals surface area contributed by atoms with Gasteiger partial charge in [0.1, 0.15) is 0 Å². The van der Waals surface area contributed by atoms with Gasteiger partial charge in [-0.15, -0.1) is 11.3 Å². The van der Waals surface area contributed by atoms with Gasteiger partial charge >= 0.3 is 0 Å². The van der Waals surface area contributed by atoms with Crippen molar-refractivity contribution < 1.29 is 15.0 Å². The molecule has 0 saturated carbocycles. The number of nitrogens with one attached hydrogen (secondary N) is 1.